The summed E-state index contributed by atoms with van der Waals surface area (Å²) in [4.78, 5) is 27.2. The van der Waals surface area contributed by atoms with Crippen LogP contribution in [0.15, 0.2) is 60.0 Å². The lowest BCUT2D eigenvalue weighted by Crippen LogP contribution is -2.47. The van der Waals surface area contributed by atoms with Gasteiger partial charge in [-0.25, -0.2) is 0 Å². The minimum atomic E-state index is -0.0573. The van der Waals surface area contributed by atoms with Crippen molar-refractivity contribution >= 4 is 23.6 Å². The summed E-state index contributed by atoms with van der Waals surface area (Å²) in [6.07, 6.45) is 3.40. The van der Waals surface area contributed by atoms with E-state index in [0.29, 0.717) is 24.7 Å². The lowest BCUT2D eigenvalue weighted by Gasteiger charge is -2.32. The van der Waals surface area contributed by atoms with Gasteiger partial charge in [0, 0.05) is 30.4 Å². The number of benzene rings is 2. The number of methoxy groups -OCH3 is 2. The number of carbonyl (C=O) groups excluding carboxylic acids is 2. The van der Waals surface area contributed by atoms with Crippen LogP contribution in [0, 0.1) is 0 Å². The highest BCUT2D eigenvalue weighted by molar-refractivity contribution is 7.99. The van der Waals surface area contributed by atoms with Crippen molar-refractivity contribution in [3.8, 4) is 17.2 Å². The molecule has 1 N–H and O–H groups in total. The lowest BCUT2D eigenvalue weighted by atomic mass is 10.0. The third-order valence-electron chi connectivity index (χ3n) is 5.95. The van der Waals surface area contributed by atoms with Crippen LogP contribution in [0.1, 0.15) is 18.4 Å². The van der Waals surface area contributed by atoms with Gasteiger partial charge in [-0.15, -0.1) is 10.2 Å². The molecule has 1 aliphatic rings. The zero-order chi connectivity index (χ0) is 24.6. The number of amides is 2. The first-order valence-electron chi connectivity index (χ1n) is 11.4. The summed E-state index contributed by atoms with van der Waals surface area (Å²) in [6, 6.07) is 15.2. The van der Waals surface area contributed by atoms with Crippen molar-refractivity contribution in [2.45, 2.75) is 30.5 Å². The van der Waals surface area contributed by atoms with Gasteiger partial charge in [0.15, 0.2) is 5.16 Å². The average molecular weight is 496 g/mol. The standard InChI is InChI=1S/C25H29N5O4S/c1-33-21-9-7-20(8-10-21)30-17-26-28-25(30)35-16-23(31)27-19-11-13-29(14-12-19)24(32)15-18-5-3-4-6-22(18)34-2/h3-10,17,19H,11-16H2,1-2H3,(H,27,31). The molecular formula is C25H29N5O4S. The van der Waals surface area contributed by atoms with Gasteiger partial charge in [0.25, 0.3) is 0 Å². The van der Waals surface area contributed by atoms with Crippen LogP contribution in [0.4, 0.5) is 0 Å². The monoisotopic (exact) mass is 495 g/mol. The van der Waals surface area contributed by atoms with Gasteiger partial charge in [0.05, 0.1) is 26.4 Å². The third-order valence-corrected chi connectivity index (χ3v) is 6.89. The fourth-order valence-electron chi connectivity index (χ4n) is 4.04. The van der Waals surface area contributed by atoms with Crippen LogP contribution < -0.4 is 14.8 Å². The molecule has 0 saturated carbocycles. The smallest absolute Gasteiger partial charge is 0.230 e. The normalized spacial score (nSPS) is 13.9. The second-order valence-corrected chi connectivity index (χ2v) is 9.12. The van der Waals surface area contributed by atoms with Crippen molar-refractivity contribution in [1.82, 2.24) is 25.0 Å². The zero-order valence-corrected chi connectivity index (χ0v) is 20.7. The zero-order valence-electron chi connectivity index (χ0n) is 19.8. The number of para-hydroxylation sites is 1. The molecule has 3 aromatic rings. The summed E-state index contributed by atoms with van der Waals surface area (Å²) in [6.45, 7) is 1.25. The topological polar surface area (TPSA) is 98.6 Å². The number of carbonyl (C=O) groups is 2. The van der Waals surface area contributed by atoms with Gasteiger partial charge in [-0.05, 0) is 43.2 Å². The van der Waals surface area contributed by atoms with Crippen molar-refractivity contribution in [2.24, 2.45) is 0 Å². The Bertz CT molecular complexity index is 1140. The van der Waals surface area contributed by atoms with Crippen molar-refractivity contribution in [3.05, 3.63) is 60.4 Å². The summed E-state index contributed by atoms with van der Waals surface area (Å²) in [7, 11) is 3.23. The quantitative estimate of drug-likeness (QED) is 0.456. The van der Waals surface area contributed by atoms with Crippen molar-refractivity contribution < 1.29 is 19.1 Å². The molecule has 2 aromatic carbocycles. The van der Waals surface area contributed by atoms with E-state index < -0.39 is 0 Å². The van der Waals surface area contributed by atoms with Gasteiger partial charge in [0.2, 0.25) is 11.8 Å². The van der Waals surface area contributed by atoms with Gasteiger partial charge in [-0.3, -0.25) is 14.2 Å². The molecule has 1 aliphatic heterocycles. The number of hydrogen-bond donors (Lipinski definition) is 1. The predicted molar refractivity (Wildman–Crippen MR) is 133 cm³/mol. The second kappa shape index (κ2) is 11.7. The van der Waals surface area contributed by atoms with Crippen molar-refractivity contribution in [2.75, 3.05) is 33.1 Å². The van der Waals surface area contributed by atoms with Crippen LogP contribution >= 0.6 is 11.8 Å². The molecule has 4 rings (SSSR count). The number of rotatable bonds is 9. The maximum atomic E-state index is 12.7. The Morgan fingerprint density at radius 2 is 1.80 bits per heavy atom. The molecule has 0 unspecified atom stereocenters. The first kappa shape index (κ1) is 24.6. The third kappa shape index (κ3) is 6.33. The maximum absolute atomic E-state index is 12.7. The Labute approximate surface area is 208 Å². The highest BCUT2D eigenvalue weighted by Crippen LogP contribution is 2.22. The van der Waals surface area contributed by atoms with E-state index in [2.05, 4.69) is 15.5 Å². The minimum Gasteiger partial charge on any atom is -0.497 e. The number of thioether (sulfide) groups is 1. The van der Waals surface area contributed by atoms with E-state index in [1.165, 1.54) is 11.8 Å². The summed E-state index contributed by atoms with van der Waals surface area (Å²) >= 11 is 1.33. The van der Waals surface area contributed by atoms with E-state index in [-0.39, 0.29) is 23.6 Å². The fraction of sp³-hybridized carbons (Fsp3) is 0.360. The van der Waals surface area contributed by atoms with Crippen molar-refractivity contribution in [1.29, 1.82) is 0 Å². The molecule has 1 aromatic heterocycles. The minimum absolute atomic E-state index is 0.0536. The van der Waals surface area contributed by atoms with Gasteiger partial charge in [-0.2, -0.15) is 0 Å². The molecule has 35 heavy (non-hydrogen) atoms. The summed E-state index contributed by atoms with van der Waals surface area (Å²) in [5, 5.41) is 11.9. The number of piperidine rings is 1. The van der Waals surface area contributed by atoms with E-state index in [0.717, 1.165) is 35.6 Å². The molecule has 0 radical (unpaired) electrons. The van der Waals surface area contributed by atoms with Crippen LogP contribution in [-0.2, 0) is 16.0 Å². The molecule has 1 fully saturated rings. The first-order chi connectivity index (χ1) is 17.1. The van der Waals surface area contributed by atoms with Crippen LogP contribution in [0.5, 0.6) is 11.5 Å². The Morgan fingerprint density at radius 3 is 2.51 bits per heavy atom. The number of likely N-dealkylation sites (tertiary alicyclic amines) is 1. The summed E-state index contributed by atoms with van der Waals surface area (Å²) in [5.74, 6) is 1.75. The SMILES string of the molecule is COc1ccc(-n2cnnc2SCC(=O)NC2CCN(C(=O)Cc3ccccc3OC)CC2)cc1. The molecule has 184 valence electrons. The van der Waals surface area contributed by atoms with Gasteiger partial charge in [0.1, 0.15) is 17.8 Å². The first-order valence-corrected chi connectivity index (χ1v) is 12.4. The largest absolute Gasteiger partial charge is 0.497 e. The van der Waals surface area contributed by atoms with Crippen LogP contribution in [-0.4, -0.2) is 70.6 Å². The van der Waals surface area contributed by atoms with E-state index in [1.54, 1.807) is 20.5 Å². The number of aromatic nitrogens is 3. The fourth-order valence-corrected chi connectivity index (χ4v) is 4.78. The maximum Gasteiger partial charge on any atom is 0.230 e. The van der Waals surface area contributed by atoms with E-state index in [1.807, 2.05) is 58.0 Å². The lowest BCUT2D eigenvalue weighted by molar-refractivity contribution is -0.131. The molecule has 0 atom stereocenters. The Hall–Kier alpha value is -3.53. The van der Waals surface area contributed by atoms with Crippen LogP contribution in [0.3, 0.4) is 0 Å². The van der Waals surface area contributed by atoms with Crippen LogP contribution in [0.2, 0.25) is 0 Å². The number of nitrogens with zero attached hydrogens (tertiary/aromatic N) is 4. The van der Waals surface area contributed by atoms with Gasteiger partial charge < -0.3 is 19.7 Å². The average Bonchev–Trinajstić information content (AvgIpc) is 3.37. The summed E-state index contributed by atoms with van der Waals surface area (Å²) in [5.41, 5.74) is 1.78. The molecule has 9 nitrogen and oxygen atoms in total. The second-order valence-electron chi connectivity index (χ2n) is 8.18. The number of hydrogen-bond acceptors (Lipinski definition) is 7. The van der Waals surface area contributed by atoms with E-state index in [9.17, 15) is 9.59 Å². The molecule has 0 bridgehead atoms. The Balaban J connectivity index is 1.23. The van der Waals surface area contributed by atoms with Crippen molar-refractivity contribution in [3.63, 3.8) is 0 Å². The Morgan fingerprint density at radius 1 is 1.06 bits per heavy atom. The predicted octanol–water partition coefficient (Wildman–Crippen LogP) is 2.73. The highest BCUT2D eigenvalue weighted by atomic mass is 32.2. The molecular weight excluding hydrogens is 466 g/mol. The molecule has 1 saturated heterocycles. The van der Waals surface area contributed by atoms with Gasteiger partial charge >= 0.3 is 0 Å². The van der Waals surface area contributed by atoms with E-state index in [4.69, 9.17) is 9.47 Å². The summed E-state index contributed by atoms with van der Waals surface area (Å²) < 4.78 is 12.4. The molecule has 2 heterocycles. The molecule has 2 amide bonds. The highest BCUT2D eigenvalue weighted by Gasteiger charge is 2.24. The number of ether oxygens (including phenoxy) is 2. The Kier molecular flexibility index (Phi) is 8.25. The molecule has 0 aliphatic carbocycles. The number of nitrogens with one attached hydrogen (secondary N) is 1. The van der Waals surface area contributed by atoms with E-state index >= 15 is 0 Å². The molecule has 0 spiro atoms. The molecule has 10 heteroatoms. The van der Waals surface area contributed by atoms with Crippen LogP contribution in [0.25, 0.3) is 5.69 Å². The van der Waals surface area contributed by atoms with Gasteiger partial charge in [-0.1, -0.05) is 30.0 Å².